The molecule has 1 fully saturated rings. The van der Waals surface area contributed by atoms with Gasteiger partial charge in [0.05, 0.1) is 5.69 Å². The molecule has 27 heavy (non-hydrogen) atoms. The summed E-state index contributed by atoms with van der Waals surface area (Å²) >= 11 is 6.23. The number of rotatable bonds is 2. The fourth-order valence-corrected chi connectivity index (χ4v) is 3.73. The van der Waals surface area contributed by atoms with Crippen LogP contribution in [-0.2, 0) is 14.4 Å². The fraction of sp³-hybridized carbons (Fsp3) is 0.211. The summed E-state index contributed by atoms with van der Waals surface area (Å²) in [5, 5.41) is 4.41. The third-order valence-corrected chi connectivity index (χ3v) is 5.08. The molecule has 2 atom stereocenters. The second kappa shape index (κ2) is 5.99. The Labute approximate surface area is 159 Å². The maximum absolute atomic E-state index is 13.1. The summed E-state index contributed by atoms with van der Waals surface area (Å²) in [6.45, 7) is 0.875. The van der Waals surface area contributed by atoms with Crippen molar-refractivity contribution in [1.82, 2.24) is 0 Å². The standard InChI is InChI=1S/C19H13ClN2O5/c20-12-4-2-1-3-11(12)16-15-17(27-21-16)19(24)22(18(15)23)10-5-6-13-14(9-10)26-8-7-25-13/h1-6,9,15,17H,7-8H2/t15-,17+/m1/s1. The lowest BCUT2D eigenvalue weighted by molar-refractivity contribution is -0.126. The van der Waals surface area contributed by atoms with Gasteiger partial charge in [0.15, 0.2) is 11.5 Å². The van der Waals surface area contributed by atoms with Crippen molar-refractivity contribution in [2.24, 2.45) is 11.1 Å². The first-order chi connectivity index (χ1) is 13.1. The van der Waals surface area contributed by atoms with Gasteiger partial charge in [-0.1, -0.05) is 35.0 Å². The number of benzene rings is 2. The van der Waals surface area contributed by atoms with Crippen molar-refractivity contribution in [3.63, 3.8) is 0 Å². The minimum atomic E-state index is -0.989. The number of hydrogen-bond donors (Lipinski definition) is 0. The monoisotopic (exact) mass is 384 g/mol. The molecule has 1 saturated heterocycles. The van der Waals surface area contributed by atoms with E-state index in [1.54, 1.807) is 42.5 Å². The first-order valence-electron chi connectivity index (χ1n) is 8.41. The highest BCUT2D eigenvalue weighted by atomic mass is 35.5. The zero-order chi connectivity index (χ0) is 18.5. The zero-order valence-electron chi connectivity index (χ0n) is 13.9. The van der Waals surface area contributed by atoms with Crippen molar-refractivity contribution in [3.8, 4) is 11.5 Å². The molecule has 2 aromatic rings. The number of ether oxygens (including phenoxy) is 2. The van der Waals surface area contributed by atoms with Crippen molar-refractivity contribution in [3.05, 3.63) is 53.1 Å². The molecule has 3 aliphatic heterocycles. The van der Waals surface area contributed by atoms with E-state index >= 15 is 0 Å². The Balaban J connectivity index is 1.51. The number of amides is 2. The Morgan fingerprint density at radius 3 is 2.59 bits per heavy atom. The number of carbonyl (C=O) groups is 2. The second-order valence-corrected chi connectivity index (χ2v) is 6.71. The van der Waals surface area contributed by atoms with Gasteiger partial charge in [-0.2, -0.15) is 0 Å². The SMILES string of the molecule is O=C1[C@@H]2C(c3ccccc3Cl)=NO[C@@H]2C(=O)N1c1ccc2c(c1)OCCO2. The Bertz CT molecular complexity index is 1010. The van der Waals surface area contributed by atoms with Crippen LogP contribution in [0.1, 0.15) is 5.56 Å². The van der Waals surface area contributed by atoms with Crippen LogP contribution in [0.15, 0.2) is 47.6 Å². The molecule has 0 unspecified atom stereocenters. The van der Waals surface area contributed by atoms with Crippen LogP contribution < -0.4 is 14.4 Å². The van der Waals surface area contributed by atoms with E-state index < -0.39 is 23.8 Å². The van der Waals surface area contributed by atoms with E-state index in [1.165, 1.54) is 0 Å². The molecule has 8 heteroatoms. The number of nitrogens with zero attached hydrogens (tertiary/aromatic N) is 2. The molecule has 3 aliphatic rings. The predicted octanol–water partition coefficient (Wildman–Crippen LogP) is 2.40. The van der Waals surface area contributed by atoms with Gasteiger partial charge in [-0.25, -0.2) is 4.90 Å². The first kappa shape index (κ1) is 16.1. The Kier molecular flexibility index (Phi) is 3.58. The maximum atomic E-state index is 13.1. The van der Waals surface area contributed by atoms with Crippen LogP contribution in [-0.4, -0.2) is 36.8 Å². The topological polar surface area (TPSA) is 77.4 Å². The molecular weight excluding hydrogens is 372 g/mol. The van der Waals surface area contributed by atoms with Crippen molar-refractivity contribution < 1.29 is 23.9 Å². The highest BCUT2D eigenvalue weighted by molar-refractivity contribution is 6.38. The second-order valence-electron chi connectivity index (χ2n) is 6.30. The summed E-state index contributed by atoms with van der Waals surface area (Å²) in [6.07, 6.45) is -0.989. The van der Waals surface area contributed by atoms with E-state index in [0.29, 0.717) is 46.7 Å². The van der Waals surface area contributed by atoms with Gasteiger partial charge in [-0.3, -0.25) is 9.59 Å². The molecule has 0 spiro atoms. The van der Waals surface area contributed by atoms with Gasteiger partial charge in [0.25, 0.3) is 5.91 Å². The molecule has 7 nitrogen and oxygen atoms in total. The molecule has 2 aromatic carbocycles. The van der Waals surface area contributed by atoms with Gasteiger partial charge in [0, 0.05) is 16.7 Å². The van der Waals surface area contributed by atoms with Gasteiger partial charge >= 0.3 is 0 Å². The third-order valence-electron chi connectivity index (χ3n) is 4.75. The average Bonchev–Trinajstić information content (AvgIpc) is 3.22. The lowest BCUT2D eigenvalue weighted by atomic mass is 9.94. The van der Waals surface area contributed by atoms with E-state index in [4.69, 9.17) is 25.9 Å². The van der Waals surface area contributed by atoms with E-state index in [-0.39, 0.29) is 0 Å². The zero-order valence-corrected chi connectivity index (χ0v) is 14.7. The molecule has 0 bridgehead atoms. The van der Waals surface area contributed by atoms with Crippen LogP contribution in [0.4, 0.5) is 5.69 Å². The molecular formula is C19H13ClN2O5. The molecule has 0 aromatic heterocycles. The first-order valence-corrected chi connectivity index (χ1v) is 8.79. The summed E-state index contributed by atoms with van der Waals surface area (Å²) in [7, 11) is 0. The van der Waals surface area contributed by atoms with Crippen LogP contribution in [0.5, 0.6) is 11.5 Å². The normalized spacial score (nSPS) is 23.1. The number of carbonyl (C=O) groups excluding carboxylic acids is 2. The van der Waals surface area contributed by atoms with Crippen LogP contribution in [0, 0.1) is 5.92 Å². The smallest absolute Gasteiger partial charge is 0.278 e. The third kappa shape index (κ3) is 2.39. The lowest BCUT2D eigenvalue weighted by Gasteiger charge is -2.21. The summed E-state index contributed by atoms with van der Waals surface area (Å²) in [4.78, 5) is 32.3. The van der Waals surface area contributed by atoms with Gasteiger partial charge in [-0.15, -0.1) is 0 Å². The van der Waals surface area contributed by atoms with Crippen molar-refractivity contribution in [2.75, 3.05) is 18.1 Å². The molecule has 0 radical (unpaired) electrons. The van der Waals surface area contributed by atoms with Crippen LogP contribution >= 0.6 is 11.6 Å². The van der Waals surface area contributed by atoms with Crippen molar-refractivity contribution in [1.29, 1.82) is 0 Å². The molecule has 0 saturated carbocycles. The van der Waals surface area contributed by atoms with E-state index in [0.717, 1.165) is 4.90 Å². The van der Waals surface area contributed by atoms with E-state index in [2.05, 4.69) is 5.16 Å². The minimum absolute atomic E-state index is 0.365. The summed E-state index contributed by atoms with van der Waals surface area (Å²) < 4.78 is 11.0. The van der Waals surface area contributed by atoms with E-state index in [1.807, 2.05) is 0 Å². The van der Waals surface area contributed by atoms with Gasteiger partial charge in [0.2, 0.25) is 12.0 Å². The molecule has 136 valence electrons. The molecule has 3 heterocycles. The average molecular weight is 385 g/mol. The highest BCUT2D eigenvalue weighted by Gasteiger charge is 2.56. The summed E-state index contributed by atoms with van der Waals surface area (Å²) in [5.41, 5.74) is 1.35. The number of anilines is 1. The highest BCUT2D eigenvalue weighted by Crippen LogP contribution is 2.39. The quantitative estimate of drug-likeness (QED) is 0.743. The van der Waals surface area contributed by atoms with Crippen LogP contribution in [0.2, 0.25) is 5.02 Å². The summed E-state index contributed by atoms with van der Waals surface area (Å²) in [5.74, 6) is -0.618. The molecule has 5 rings (SSSR count). The molecule has 0 aliphatic carbocycles. The molecule has 0 N–H and O–H groups in total. The van der Waals surface area contributed by atoms with Gasteiger partial charge in [-0.05, 0) is 18.2 Å². The van der Waals surface area contributed by atoms with Gasteiger partial charge in [0.1, 0.15) is 24.8 Å². The van der Waals surface area contributed by atoms with Crippen molar-refractivity contribution in [2.45, 2.75) is 6.10 Å². The Hall–Kier alpha value is -3.06. The largest absolute Gasteiger partial charge is 0.486 e. The van der Waals surface area contributed by atoms with Gasteiger partial charge < -0.3 is 14.3 Å². The van der Waals surface area contributed by atoms with Crippen LogP contribution in [0.25, 0.3) is 0 Å². The summed E-state index contributed by atoms with van der Waals surface area (Å²) in [6, 6.07) is 12.0. The van der Waals surface area contributed by atoms with Crippen LogP contribution in [0.3, 0.4) is 0 Å². The fourth-order valence-electron chi connectivity index (χ4n) is 3.49. The van der Waals surface area contributed by atoms with E-state index in [9.17, 15) is 9.59 Å². The maximum Gasteiger partial charge on any atom is 0.278 e. The number of oxime groups is 1. The number of halogens is 1. The number of hydrogen-bond acceptors (Lipinski definition) is 6. The number of fused-ring (bicyclic) bond motifs is 2. The number of imide groups is 1. The minimum Gasteiger partial charge on any atom is -0.486 e. The lowest BCUT2D eigenvalue weighted by Crippen LogP contribution is -2.33. The van der Waals surface area contributed by atoms with Crippen molar-refractivity contribution >= 4 is 34.8 Å². The Morgan fingerprint density at radius 1 is 1.00 bits per heavy atom. The predicted molar refractivity (Wildman–Crippen MR) is 96.3 cm³/mol. The Morgan fingerprint density at radius 2 is 1.78 bits per heavy atom. The molecule has 2 amide bonds.